The first-order valence-electron chi connectivity index (χ1n) is 3.88. The van der Waals surface area contributed by atoms with Crippen molar-refractivity contribution in [2.75, 3.05) is 12.3 Å². The molecule has 3 nitrogen and oxygen atoms in total. The summed E-state index contributed by atoms with van der Waals surface area (Å²) in [6.45, 7) is 5.75. The highest BCUT2D eigenvalue weighted by molar-refractivity contribution is 5.58. The van der Waals surface area contributed by atoms with E-state index in [2.05, 4.69) is 11.6 Å². The number of nitrogens with two attached hydrogens (primary N) is 1. The first-order chi connectivity index (χ1) is 6.16. The summed E-state index contributed by atoms with van der Waals surface area (Å²) < 4.78 is 18.3. The number of halogens is 1. The highest BCUT2D eigenvalue weighted by Crippen LogP contribution is 2.18. The van der Waals surface area contributed by atoms with Crippen LogP contribution in [-0.2, 0) is 4.74 Å². The molecule has 0 aromatic carbocycles. The minimum atomic E-state index is -0.582. The lowest BCUT2D eigenvalue weighted by molar-refractivity contribution is 0.296. The van der Waals surface area contributed by atoms with Gasteiger partial charge in [-0.2, -0.15) is 0 Å². The molecule has 0 aliphatic heterocycles. The normalized spacial score (nSPS) is 9.69. The summed E-state index contributed by atoms with van der Waals surface area (Å²) in [4.78, 5) is 3.78. The van der Waals surface area contributed by atoms with Gasteiger partial charge in [-0.1, -0.05) is 6.58 Å². The first kappa shape index (κ1) is 9.51. The van der Waals surface area contributed by atoms with Crippen LogP contribution in [0.1, 0.15) is 12.6 Å². The Hall–Kier alpha value is -1.58. The molecule has 2 N–H and O–H groups in total. The number of pyridine rings is 1. The fraction of sp³-hybridized carbons (Fsp3) is 0.222. The lowest BCUT2D eigenvalue weighted by Crippen LogP contribution is -2.00. The van der Waals surface area contributed by atoms with E-state index in [0.717, 1.165) is 0 Å². The zero-order chi connectivity index (χ0) is 9.84. The second kappa shape index (κ2) is 3.89. The van der Waals surface area contributed by atoms with Gasteiger partial charge in [0.1, 0.15) is 11.5 Å². The third-order valence-corrected chi connectivity index (χ3v) is 1.50. The number of anilines is 1. The number of nitrogens with zero attached hydrogens (tertiary/aromatic N) is 1. The van der Waals surface area contributed by atoms with E-state index in [4.69, 9.17) is 10.5 Å². The lowest BCUT2D eigenvalue weighted by Gasteiger charge is -2.07. The molecule has 0 unspecified atom stereocenters. The van der Waals surface area contributed by atoms with Crippen LogP contribution >= 0.6 is 0 Å². The summed E-state index contributed by atoms with van der Waals surface area (Å²) in [5.41, 5.74) is 5.46. The van der Waals surface area contributed by atoms with Gasteiger partial charge < -0.3 is 10.5 Å². The van der Waals surface area contributed by atoms with Gasteiger partial charge in [-0.3, -0.25) is 0 Å². The van der Waals surface area contributed by atoms with Gasteiger partial charge in [0.2, 0.25) is 0 Å². The first-order valence-corrected chi connectivity index (χ1v) is 3.88. The smallest absolute Gasteiger partial charge is 0.175 e. The molecule has 0 radical (unpaired) electrons. The molecule has 1 aromatic rings. The molecular weight excluding hydrogens is 171 g/mol. The topological polar surface area (TPSA) is 48.1 Å². The fourth-order valence-electron chi connectivity index (χ4n) is 0.896. The van der Waals surface area contributed by atoms with Crippen molar-refractivity contribution in [2.24, 2.45) is 0 Å². The Morgan fingerprint density at radius 2 is 2.46 bits per heavy atom. The molecule has 0 aliphatic rings. The Morgan fingerprint density at radius 3 is 3.08 bits per heavy atom. The van der Waals surface area contributed by atoms with E-state index >= 15 is 0 Å². The second-order valence-electron chi connectivity index (χ2n) is 2.42. The van der Waals surface area contributed by atoms with Gasteiger partial charge in [-0.25, -0.2) is 9.37 Å². The second-order valence-corrected chi connectivity index (χ2v) is 2.42. The number of aromatic nitrogens is 1. The Labute approximate surface area is 76.0 Å². The molecule has 70 valence electrons. The van der Waals surface area contributed by atoms with Crippen molar-refractivity contribution in [1.29, 1.82) is 0 Å². The van der Waals surface area contributed by atoms with E-state index < -0.39 is 5.82 Å². The lowest BCUT2D eigenvalue weighted by atomic mass is 10.3. The van der Waals surface area contributed by atoms with Crippen molar-refractivity contribution in [2.45, 2.75) is 6.92 Å². The Bertz CT molecular complexity index is 325. The molecule has 0 spiro atoms. The summed E-state index contributed by atoms with van der Waals surface area (Å²) in [7, 11) is 0. The molecule has 0 saturated heterocycles. The molecule has 0 atom stereocenters. The van der Waals surface area contributed by atoms with Gasteiger partial charge in [0, 0.05) is 6.20 Å². The average molecular weight is 182 g/mol. The predicted octanol–water partition coefficient (Wildman–Crippen LogP) is 1.81. The van der Waals surface area contributed by atoms with E-state index in [1.807, 2.05) is 0 Å². The highest BCUT2D eigenvalue weighted by Gasteiger charge is 2.10. The van der Waals surface area contributed by atoms with Gasteiger partial charge in [0.15, 0.2) is 5.82 Å². The van der Waals surface area contributed by atoms with Crippen LogP contribution in [0.5, 0.6) is 0 Å². The number of hydrogen-bond donors (Lipinski definition) is 1. The van der Waals surface area contributed by atoms with Crippen molar-refractivity contribution in [1.82, 2.24) is 4.98 Å². The SMILES string of the molecule is C=C(OCC)c1nccc(N)c1F. The van der Waals surface area contributed by atoms with Crippen molar-refractivity contribution in [3.8, 4) is 0 Å². The molecule has 1 rings (SSSR count). The molecule has 13 heavy (non-hydrogen) atoms. The van der Waals surface area contributed by atoms with Crippen molar-refractivity contribution in [3.63, 3.8) is 0 Å². The molecule has 1 heterocycles. The van der Waals surface area contributed by atoms with Crippen molar-refractivity contribution in [3.05, 3.63) is 30.4 Å². The van der Waals surface area contributed by atoms with Gasteiger partial charge in [-0.15, -0.1) is 0 Å². The minimum absolute atomic E-state index is 0.0471. The summed E-state index contributed by atoms with van der Waals surface area (Å²) in [5.74, 6) is -0.381. The minimum Gasteiger partial charge on any atom is -0.492 e. The van der Waals surface area contributed by atoms with Crippen LogP contribution in [0.3, 0.4) is 0 Å². The summed E-state index contributed by atoms with van der Waals surface area (Å²) in [5, 5.41) is 0. The molecule has 0 amide bonds. The van der Waals surface area contributed by atoms with Crippen LogP contribution < -0.4 is 5.73 Å². The maximum atomic E-state index is 13.2. The summed E-state index contributed by atoms with van der Waals surface area (Å²) in [6.07, 6.45) is 1.41. The fourth-order valence-corrected chi connectivity index (χ4v) is 0.896. The number of rotatable bonds is 3. The summed E-state index contributed by atoms with van der Waals surface area (Å²) in [6, 6.07) is 1.39. The standard InChI is InChI=1S/C9H11FN2O/c1-3-13-6(2)9-8(10)7(11)4-5-12-9/h4-5H,2-3H2,1H3,(H2,11,12). The van der Waals surface area contributed by atoms with E-state index in [1.165, 1.54) is 12.3 Å². The number of hydrogen-bond acceptors (Lipinski definition) is 3. The number of nitrogen functional groups attached to an aromatic ring is 1. The van der Waals surface area contributed by atoms with Crippen LogP contribution in [-0.4, -0.2) is 11.6 Å². The third kappa shape index (κ3) is 1.96. The highest BCUT2D eigenvalue weighted by atomic mass is 19.1. The average Bonchev–Trinajstić information content (AvgIpc) is 2.10. The molecule has 1 aromatic heterocycles. The zero-order valence-corrected chi connectivity index (χ0v) is 7.38. The van der Waals surface area contributed by atoms with Crippen LogP contribution in [0.25, 0.3) is 5.76 Å². The monoisotopic (exact) mass is 182 g/mol. The van der Waals surface area contributed by atoms with Crippen molar-refractivity contribution < 1.29 is 9.13 Å². The molecule has 4 heteroatoms. The van der Waals surface area contributed by atoms with Crippen LogP contribution in [0.15, 0.2) is 18.8 Å². The Kier molecular flexibility index (Phi) is 2.84. The van der Waals surface area contributed by atoms with E-state index in [1.54, 1.807) is 6.92 Å². The molecule has 0 bridgehead atoms. The quantitative estimate of drug-likeness (QED) is 0.725. The maximum Gasteiger partial charge on any atom is 0.175 e. The van der Waals surface area contributed by atoms with Gasteiger partial charge in [0.25, 0.3) is 0 Å². The summed E-state index contributed by atoms with van der Waals surface area (Å²) >= 11 is 0. The van der Waals surface area contributed by atoms with Crippen LogP contribution in [0.2, 0.25) is 0 Å². The largest absolute Gasteiger partial charge is 0.492 e. The van der Waals surface area contributed by atoms with Crippen LogP contribution in [0, 0.1) is 5.82 Å². The van der Waals surface area contributed by atoms with Gasteiger partial charge >= 0.3 is 0 Å². The van der Waals surface area contributed by atoms with E-state index in [-0.39, 0.29) is 17.1 Å². The molecular formula is C9H11FN2O. The molecule has 0 saturated carbocycles. The molecule has 0 aliphatic carbocycles. The van der Waals surface area contributed by atoms with E-state index in [0.29, 0.717) is 6.61 Å². The predicted molar refractivity (Wildman–Crippen MR) is 49.3 cm³/mol. The maximum absolute atomic E-state index is 13.2. The zero-order valence-electron chi connectivity index (χ0n) is 7.38. The number of ether oxygens (including phenoxy) is 1. The third-order valence-electron chi connectivity index (χ3n) is 1.50. The molecule has 0 fully saturated rings. The Balaban J connectivity index is 3.01. The van der Waals surface area contributed by atoms with Gasteiger partial charge in [-0.05, 0) is 13.0 Å². The van der Waals surface area contributed by atoms with Crippen molar-refractivity contribution >= 4 is 11.4 Å². The van der Waals surface area contributed by atoms with E-state index in [9.17, 15) is 4.39 Å². The van der Waals surface area contributed by atoms with Crippen LogP contribution in [0.4, 0.5) is 10.1 Å². The Morgan fingerprint density at radius 1 is 1.77 bits per heavy atom. The van der Waals surface area contributed by atoms with Gasteiger partial charge in [0.05, 0.1) is 12.3 Å².